The van der Waals surface area contributed by atoms with Crippen molar-refractivity contribution in [2.45, 2.75) is 96.1 Å². The third-order valence-corrected chi connectivity index (χ3v) is 5.82. The fourth-order valence-corrected chi connectivity index (χ4v) is 3.97. The minimum atomic E-state index is -1.08. The first kappa shape index (κ1) is 24.4. The normalized spacial score (nSPS) is 32.4. The van der Waals surface area contributed by atoms with Crippen LogP contribution in [0, 0.1) is 5.92 Å². The molecule has 0 saturated carbocycles. The van der Waals surface area contributed by atoms with Gasteiger partial charge in [-0.1, -0.05) is 25.0 Å². The first-order valence-corrected chi connectivity index (χ1v) is 9.49. The van der Waals surface area contributed by atoms with E-state index in [1.54, 1.807) is 0 Å². The minimum Gasteiger partial charge on any atom is -0.550 e. The smallest absolute Gasteiger partial charge is 0.550 e. The fourth-order valence-electron chi connectivity index (χ4n) is 3.97. The van der Waals surface area contributed by atoms with Crippen molar-refractivity contribution in [3.63, 3.8) is 0 Å². The quantitative estimate of drug-likeness (QED) is 0.479. The van der Waals surface area contributed by atoms with Crippen LogP contribution in [-0.4, -0.2) is 78.8 Å². The van der Waals surface area contributed by atoms with Gasteiger partial charge in [0.1, 0.15) is 0 Å². The van der Waals surface area contributed by atoms with Crippen molar-refractivity contribution in [2.24, 2.45) is 5.92 Å². The number of allylic oxidation sites excluding steroid dienone is 1. The Morgan fingerprint density at radius 1 is 1.42 bits per heavy atom. The van der Waals surface area contributed by atoms with Crippen molar-refractivity contribution in [1.82, 2.24) is 0 Å². The van der Waals surface area contributed by atoms with Crippen LogP contribution in [0.15, 0.2) is 11.6 Å². The van der Waals surface area contributed by atoms with E-state index in [-0.39, 0.29) is 67.9 Å². The van der Waals surface area contributed by atoms with Gasteiger partial charge in [0.15, 0.2) is 0 Å². The number of carboxylic acid groups (broad SMARTS) is 1. The number of aliphatic hydroxyl groups is 1. The molecule has 0 aliphatic carbocycles. The van der Waals surface area contributed by atoms with Crippen LogP contribution in [0.25, 0.3) is 0 Å². The number of rotatable bonds is 9. The molecule has 0 aromatic rings. The van der Waals surface area contributed by atoms with E-state index in [4.69, 9.17) is 9.47 Å². The molecule has 2 bridgehead atoms. The second-order valence-corrected chi connectivity index (χ2v) is 8.43. The number of ether oxygens (including phenoxy) is 2. The molecule has 0 radical (unpaired) electrons. The number of carbonyl (C=O) groups is 1. The number of carbonyl (C=O) groups excluding carboxylic acids is 1. The van der Waals surface area contributed by atoms with Crippen LogP contribution in [-0.2, 0) is 14.3 Å². The fraction of sp³-hybridized carbons (Fsp3) is 0.850. The van der Waals surface area contributed by atoms with Gasteiger partial charge in [-0.2, -0.15) is 0 Å². The molecule has 2 heterocycles. The maximum atomic E-state index is 10.9. The van der Waals surface area contributed by atoms with E-state index in [0.717, 1.165) is 32.1 Å². The minimum absolute atomic E-state index is 0. The summed E-state index contributed by atoms with van der Waals surface area (Å²) in [4.78, 5) is 10.9. The number of fused-ring (bicyclic) bond motifs is 2. The molecule has 2 rings (SSSR count). The second kappa shape index (κ2) is 10.2. The molecule has 0 amide bonds. The molecule has 2 aliphatic heterocycles. The molecular weight excluding hydrogens is 360 g/mol. The van der Waals surface area contributed by atoms with Gasteiger partial charge >= 0.3 is 37.7 Å². The molecule has 0 aromatic carbocycles. The van der Waals surface area contributed by atoms with E-state index in [0.29, 0.717) is 13.0 Å². The van der Waals surface area contributed by atoms with Crippen molar-refractivity contribution in [3.05, 3.63) is 11.6 Å². The summed E-state index contributed by atoms with van der Waals surface area (Å²) in [5, 5.41) is 21.2. The van der Waals surface area contributed by atoms with Gasteiger partial charge in [0.05, 0.1) is 30.0 Å². The van der Waals surface area contributed by atoms with Crippen LogP contribution < -0.4 is 5.11 Å². The number of aliphatic carboxylic acids is 1. The van der Waals surface area contributed by atoms with Gasteiger partial charge in [0, 0.05) is 12.4 Å². The average molecular weight is 394 g/mol. The van der Waals surface area contributed by atoms with E-state index >= 15 is 0 Å². The van der Waals surface area contributed by atoms with Crippen LogP contribution in [0.3, 0.4) is 0 Å². The Bertz CT molecular complexity index is 504. The Morgan fingerprint density at radius 2 is 2.12 bits per heavy atom. The monoisotopic (exact) mass is 393 g/mol. The summed E-state index contributed by atoms with van der Waals surface area (Å²) in [5.74, 6) is -0.837. The topological polar surface area (TPSA) is 78.8 Å². The maximum Gasteiger partial charge on any atom is 2.00 e. The van der Waals surface area contributed by atoms with Gasteiger partial charge in [-0.3, -0.25) is 0 Å². The third kappa shape index (κ3) is 6.46. The Labute approximate surface area is 187 Å². The molecule has 0 spiro atoms. The third-order valence-electron chi connectivity index (χ3n) is 5.82. The largest absolute Gasteiger partial charge is 2.00 e. The van der Waals surface area contributed by atoms with Gasteiger partial charge in [-0.05, 0) is 58.8 Å². The molecule has 1 N–H and O–H groups in total. The molecule has 26 heavy (non-hydrogen) atoms. The Balaban J connectivity index is 0.00000338. The number of carboxylic acids is 1. The zero-order chi connectivity index (χ0) is 18.7. The molecular formula is C20H33CaO5+. The molecule has 0 aromatic heterocycles. The Morgan fingerprint density at radius 3 is 2.73 bits per heavy atom. The predicted octanol–water partition coefficient (Wildman–Crippen LogP) is 1.98. The number of aliphatic hydroxyl groups excluding tert-OH is 1. The van der Waals surface area contributed by atoms with Crippen LogP contribution >= 0.6 is 0 Å². The van der Waals surface area contributed by atoms with Crippen LogP contribution in [0.2, 0.25) is 0 Å². The SMILES string of the molecule is CC(C)=CCC(O)C(C)CCCC1(C)OCC2(CC(=O)[O-])CCC1O2.[Ca+2]. The van der Waals surface area contributed by atoms with Crippen molar-refractivity contribution in [1.29, 1.82) is 0 Å². The van der Waals surface area contributed by atoms with E-state index in [1.165, 1.54) is 5.57 Å². The zero-order valence-corrected chi connectivity index (χ0v) is 19.0. The molecule has 6 heteroatoms. The number of hydrogen-bond acceptors (Lipinski definition) is 5. The Kier molecular flexibility index (Phi) is 9.59. The summed E-state index contributed by atoms with van der Waals surface area (Å²) in [5.41, 5.74) is 0.181. The summed E-state index contributed by atoms with van der Waals surface area (Å²) in [6.45, 7) is 8.56. The standard InChI is InChI=1S/C20H34O5.Ca/c1-14(2)7-8-16(21)15(3)6-5-10-19(4)17-9-11-20(25-17,13-24-19)12-18(22)23;/h7,15-17,21H,5-6,8-13H2,1-4H3,(H,22,23);/q;+2/p-1. The molecule has 2 aliphatic rings. The summed E-state index contributed by atoms with van der Waals surface area (Å²) in [6, 6.07) is 0. The van der Waals surface area contributed by atoms with Crippen LogP contribution in [0.1, 0.15) is 72.6 Å². The van der Waals surface area contributed by atoms with Gasteiger partial charge in [0.25, 0.3) is 0 Å². The van der Waals surface area contributed by atoms with Gasteiger partial charge in [-0.25, -0.2) is 0 Å². The van der Waals surface area contributed by atoms with Crippen molar-refractivity contribution in [3.8, 4) is 0 Å². The van der Waals surface area contributed by atoms with E-state index < -0.39 is 11.6 Å². The average Bonchev–Trinajstić information content (AvgIpc) is 2.89. The summed E-state index contributed by atoms with van der Waals surface area (Å²) in [7, 11) is 0. The molecule has 2 fully saturated rings. The summed E-state index contributed by atoms with van der Waals surface area (Å²) in [6.07, 6.45) is 6.64. The van der Waals surface area contributed by atoms with Crippen molar-refractivity contribution >= 4 is 43.7 Å². The zero-order valence-electron chi connectivity index (χ0n) is 16.8. The predicted molar refractivity (Wildman–Crippen MR) is 99.6 cm³/mol. The second-order valence-electron chi connectivity index (χ2n) is 8.43. The molecule has 144 valence electrons. The first-order chi connectivity index (χ1) is 11.7. The van der Waals surface area contributed by atoms with E-state index in [2.05, 4.69) is 19.9 Å². The van der Waals surface area contributed by atoms with E-state index in [1.807, 2.05) is 13.8 Å². The molecule has 5 unspecified atom stereocenters. The summed E-state index contributed by atoms with van der Waals surface area (Å²) >= 11 is 0. The summed E-state index contributed by atoms with van der Waals surface area (Å²) < 4.78 is 12.2. The first-order valence-electron chi connectivity index (χ1n) is 9.49. The maximum absolute atomic E-state index is 10.9. The molecule has 5 nitrogen and oxygen atoms in total. The molecule has 5 atom stereocenters. The van der Waals surface area contributed by atoms with E-state index in [9.17, 15) is 15.0 Å². The van der Waals surface area contributed by atoms with Crippen LogP contribution in [0.5, 0.6) is 0 Å². The van der Waals surface area contributed by atoms with Crippen molar-refractivity contribution < 1.29 is 24.5 Å². The van der Waals surface area contributed by atoms with Crippen LogP contribution in [0.4, 0.5) is 0 Å². The van der Waals surface area contributed by atoms with Gasteiger partial charge < -0.3 is 24.5 Å². The Hall–Kier alpha value is 0.350. The van der Waals surface area contributed by atoms with Gasteiger partial charge in [0.2, 0.25) is 0 Å². The molecule has 2 saturated heterocycles. The number of hydrogen-bond donors (Lipinski definition) is 1. The van der Waals surface area contributed by atoms with Crippen molar-refractivity contribution in [2.75, 3.05) is 6.61 Å². The van der Waals surface area contributed by atoms with Gasteiger partial charge in [-0.15, -0.1) is 0 Å².